The summed E-state index contributed by atoms with van der Waals surface area (Å²) in [6.07, 6.45) is 3.07. The third kappa shape index (κ3) is 2.80. The predicted octanol–water partition coefficient (Wildman–Crippen LogP) is 1.64. The van der Waals surface area contributed by atoms with E-state index in [0.717, 1.165) is 5.56 Å². The topological polar surface area (TPSA) is 26.3 Å². The molecule has 0 aromatic heterocycles. The molecule has 0 spiro atoms. The Bertz CT molecular complexity index is 244. The summed E-state index contributed by atoms with van der Waals surface area (Å²) in [6, 6.07) is 9.61. The van der Waals surface area contributed by atoms with Crippen LogP contribution in [0.4, 0.5) is 0 Å². The molecule has 1 aromatic carbocycles. The molecule has 0 aliphatic heterocycles. The first-order valence-electron chi connectivity index (χ1n) is 3.24. The van der Waals surface area contributed by atoms with Crippen LogP contribution in [0.5, 0.6) is 0 Å². The fourth-order valence-electron chi connectivity index (χ4n) is 0.714. The molecular formula is C8H7BO2. The third-order valence-corrected chi connectivity index (χ3v) is 1.19. The average molecular weight is 146 g/mol. The van der Waals surface area contributed by atoms with E-state index in [1.807, 2.05) is 30.3 Å². The molecule has 0 atom stereocenters. The summed E-state index contributed by atoms with van der Waals surface area (Å²) >= 11 is 0. The predicted molar refractivity (Wildman–Crippen MR) is 43.0 cm³/mol. The summed E-state index contributed by atoms with van der Waals surface area (Å²) in [7, 11) is 0.388. The van der Waals surface area contributed by atoms with Gasteiger partial charge in [0.2, 0.25) is 0 Å². The molecule has 54 valence electrons. The third-order valence-electron chi connectivity index (χ3n) is 1.19. The van der Waals surface area contributed by atoms with Gasteiger partial charge in [-0.25, -0.2) is 0 Å². The van der Waals surface area contributed by atoms with E-state index < -0.39 is 0 Å². The van der Waals surface area contributed by atoms with Crippen molar-refractivity contribution in [1.29, 1.82) is 0 Å². The fraction of sp³-hybridized carbons (Fsp3) is 0. The Labute approximate surface area is 65.8 Å². The van der Waals surface area contributed by atoms with Gasteiger partial charge in [0.05, 0.1) is 0 Å². The summed E-state index contributed by atoms with van der Waals surface area (Å²) in [5, 5.41) is 0. The molecule has 0 unspecified atom stereocenters. The summed E-state index contributed by atoms with van der Waals surface area (Å²) in [5.41, 5.74) is 1.01. The molecule has 1 aromatic rings. The van der Waals surface area contributed by atoms with Crippen LogP contribution in [0.1, 0.15) is 5.56 Å². The van der Waals surface area contributed by atoms with Gasteiger partial charge in [-0.05, 0) is 0 Å². The fourth-order valence-corrected chi connectivity index (χ4v) is 0.714. The molecule has 0 radical (unpaired) electrons. The molecule has 0 bridgehead atoms. The standard InChI is InChI=1S/C8H7BO2/c10-9-11-7-6-8-4-2-1-3-5-8/h1-7H/b7-6+. The van der Waals surface area contributed by atoms with Crippen molar-refractivity contribution >= 4 is 13.4 Å². The van der Waals surface area contributed by atoms with Gasteiger partial charge in [0.25, 0.3) is 0 Å². The van der Waals surface area contributed by atoms with Gasteiger partial charge in [-0.15, -0.1) is 0 Å². The Balaban J connectivity index is 2.57. The average Bonchev–Trinajstić information content (AvgIpc) is 2.07. The van der Waals surface area contributed by atoms with Crippen LogP contribution in [0.3, 0.4) is 0 Å². The first kappa shape index (κ1) is 7.73. The van der Waals surface area contributed by atoms with E-state index in [1.165, 1.54) is 6.26 Å². The normalized spacial score (nSPS) is 9.45. The molecule has 0 fully saturated rings. The van der Waals surface area contributed by atoms with Crippen LogP contribution in [-0.4, -0.2) is 7.35 Å². The van der Waals surface area contributed by atoms with Crippen LogP contribution in [0, 0.1) is 0 Å². The maximum atomic E-state index is 9.72. The molecule has 0 amide bonds. The van der Waals surface area contributed by atoms with E-state index in [4.69, 9.17) is 0 Å². The molecule has 0 saturated carbocycles. The monoisotopic (exact) mass is 146 g/mol. The molecule has 0 heterocycles. The van der Waals surface area contributed by atoms with Gasteiger partial charge >= 0.3 is 64.9 Å². The number of rotatable bonds is 3. The van der Waals surface area contributed by atoms with E-state index in [1.54, 1.807) is 6.08 Å². The van der Waals surface area contributed by atoms with Crippen LogP contribution >= 0.6 is 0 Å². The Morgan fingerprint density at radius 3 is 2.64 bits per heavy atom. The van der Waals surface area contributed by atoms with Crippen molar-refractivity contribution in [3.05, 3.63) is 42.2 Å². The van der Waals surface area contributed by atoms with Crippen molar-refractivity contribution in [2.24, 2.45) is 0 Å². The summed E-state index contributed by atoms with van der Waals surface area (Å²) in [4.78, 5) is 0. The Morgan fingerprint density at radius 1 is 1.27 bits per heavy atom. The molecule has 3 heteroatoms. The number of hydrogen-bond donors (Lipinski definition) is 0. The number of hydrogen-bond acceptors (Lipinski definition) is 2. The number of benzene rings is 1. The van der Waals surface area contributed by atoms with E-state index in [0.29, 0.717) is 7.35 Å². The summed E-state index contributed by atoms with van der Waals surface area (Å²) < 4.78 is 14.1. The quantitative estimate of drug-likeness (QED) is 0.478. The van der Waals surface area contributed by atoms with Gasteiger partial charge in [0.1, 0.15) is 0 Å². The minimum absolute atomic E-state index is 0.388. The zero-order valence-corrected chi connectivity index (χ0v) is 5.94. The molecule has 0 saturated heterocycles. The van der Waals surface area contributed by atoms with Crippen LogP contribution in [-0.2, 0) is 9.36 Å². The second-order valence-corrected chi connectivity index (χ2v) is 1.95. The van der Waals surface area contributed by atoms with Crippen LogP contribution < -0.4 is 0 Å². The first-order valence-corrected chi connectivity index (χ1v) is 3.24. The zero-order valence-electron chi connectivity index (χ0n) is 5.94. The van der Waals surface area contributed by atoms with Gasteiger partial charge in [0, 0.05) is 0 Å². The molecule has 0 aliphatic rings. The van der Waals surface area contributed by atoms with Crippen molar-refractivity contribution in [3.8, 4) is 0 Å². The molecule has 0 N–H and O–H groups in total. The van der Waals surface area contributed by atoms with Crippen molar-refractivity contribution in [3.63, 3.8) is 0 Å². The van der Waals surface area contributed by atoms with Gasteiger partial charge in [-0.2, -0.15) is 0 Å². The van der Waals surface area contributed by atoms with Gasteiger partial charge in [-0.1, -0.05) is 0 Å². The van der Waals surface area contributed by atoms with Gasteiger partial charge in [0.15, 0.2) is 0 Å². The summed E-state index contributed by atoms with van der Waals surface area (Å²) in [6.45, 7) is 0. The van der Waals surface area contributed by atoms with Crippen molar-refractivity contribution in [2.75, 3.05) is 0 Å². The summed E-state index contributed by atoms with van der Waals surface area (Å²) in [5.74, 6) is 0. The van der Waals surface area contributed by atoms with E-state index in [-0.39, 0.29) is 0 Å². The van der Waals surface area contributed by atoms with Crippen molar-refractivity contribution < 1.29 is 9.36 Å². The second kappa shape index (κ2) is 4.44. The van der Waals surface area contributed by atoms with Crippen LogP contribution in [0.2, 0.25) is 0 Å². The minimum atomic E-state index is 0.388. The Kier molecular flexibility index (Phi) is 3.12. The van der Waals surface area contributed by atoms with E-state index >= 15 is 0 Å². The molecule has 2 nitrogen and oxygen atoms in total. The van der Waals surface area contributed by atoms with Crippen molar-refractivity contribution in [1.82, 2.24) is 0 Å². The van der Waals surface area contributed by atoms with Gasteiger partial charge in [-0.3, -0.25) is 0 Å². The zero-order chi connectivity index (χ0) is 7.94. The molecule has 1 rings (SSSR count). The van der Waals surface area contributed by atoms with Crippen molar-refractivity contribution in [2.45, 2.75) is 0 Å². The Hall–Kier alpha value is -1.38. The van der Waals surface area contributed by atoms with Crippen LogP contribution in [0.25, 0.3) is 6.08 Å². The molecule has 0 aliphatic carbocycles. The Morgan fingerprint density at radius 2 is 2.00 bits per heavy atom. The van der Waals surface area contributed by atoms with Gasteiger partial charge < -0.3 is 0 Å². The first-order chi connectivity index (χ1) is 5.43. The SMILES string of the molecule is O=BO/C=C/c1ccccc1. The molecule has 11 heavy (non-hydrogen) atoms. The van der Waals surface area contributed by atoms with E-state index in [9.17, 15) is 4.70 Å². The molecular weight excluding hydrogens is 139 g/mol. The van der Waals surface area contributed by atoms with E-state index in [2.05, 4.69) is 4.65 Å². The maximum absolute atomic E-state index is 9.72. The van der Waals surface area contributed by atoms with Crippen LogP contribution in [0.15, 0.2) is 36.6 Å². The second-order valence-electron chi connectivity index (χ2n) is 1.95.